The molecule has 3 N–H and O–H groups in total. The number of piperazine rings is 1. The molecule has 2 aliphatic rings. The van der Waals surface area contributed by atoms with Crippen LogP contribution >= 0.6 is 0 Å². The molecular weight excluding hydrogens is 392 g/mol. The van der Waals surface area contributed by atoms with Crippen molar-refractivity contribution in [2.45, 2.75) is 31.7 Å². The van der Waals surface area contributed by atoms with Gasteiger partial charge in [-0.15, -0.1) is 0 Å². The Bertz CT molecular complexity index is 901. The highest BCUT2D eigenvalue weighted by Crippen LogP contribution is 2.21. The van der Waals surface area contributed by atoms with Crippen molar-refractivity contribution >= 4 is 23.2 Å². The molecule has 7 heteroatoms. The fraction of sp³-hybridized carbons (Fsp3) is 0.417. The third kappa shape index (κ3) is 5.55. The number of phenols is 1. The number of carbonyl (C=O) groups is 2. The minimum Gasteiger partial charge on any atom is -0.508 e. The fourth-order valence-corrected chi connectivity index (χ4v) is 4.34. The lowest BCUT2D eigenvalue weighted by molar-refractivity contribution is -0.117. The molecule has 0 spiro atoms. The molecule has 31 heavy (non-hydrogen) atoms. The predicted octanol–water partition coefficient (Wildman–Crippen LogP) is 2.83. The average molecular weight is 423 g/mol. The first-order valence-electron chi connectivity index (χ1n) is 11.0. The molecule has 0 aromatic heterocycles. The molecule has 1 aliphatic carbocycles. The van der Waals surface area contributed by atoms with E-state index in [9.17, 15) is 14.7 Å². The van der Waals surface area contributed by atoms with Crippen LogP contribution < -0.4 is 15.5 Å². The molecule has 1 saturated carbocycles. The van der Waals surface area contributed by atoms with Gasteiger partial charge < -0.3 is 20.6 Å². The number of benzene rings is 2. The van der Waals surface area contributed by atoms with Gasteiger partial charge in [0, 0.05) is 37.9 Å². The van der Waals surface area contributed by atoms with E-state index >= 15 is 0 Å². The Labute approximate surface area is 183 Å². The first kappa shape index (κ1) is 21.2. The molecule has 2 fully saturated rings. The lowest BCUT2D eigenvalue weighted by Crippen LogP contribution is -2.48. The van der Waals surface area contributed by atoms with Gasteiger partial charge in [-0.1, -0.05) is 25.0 Å². The van der Waals surface area contributed by atoms with Crippen LogP contribution in [0.3, 0.4) is 0 Å². The SMILES string of the molecule is O=C(CN1CCN(c2ccc(O)cc2)CC1)Nc1ccccc1C(=O)NC1CCCC1. The maximum Gasteiger partial charge on any atom is 0.253 e. The Hall–Kier alpha value is -3.06. The van der Waals surface area contributed by atoms with Crippen molar-refractivity contribution in [3.63, 3.8) is 0 Å². The van der Waals surface area contributed by atoms with Gasteiger partial charge in [-0.05, 0) is 49.2 Å². The lowest BCUT2D eigenvalue weighted by atomic mass is 10.1. The first-order valence-corrected chi connectivity index (χ1v) is 11.0. The number of hydrogen-bond acceptors (Lipinski definition) is 5. The molecule has 2 aromatic rings. The number of rotatable bonds is 6. The normalized spacial score (nSPS) is 17.5. The number of anilines is 2. The van der Waals surface area contributed by atoms with E-state index in [-0.39, 0.29) is 23.6 Å². The molecule has 2 amide bonds. The summed E-state index contributed by atoms with van der Waals surface area (Å²) in [6.45, 7) is 3.48. The third-order valence-corrected chi connectivity index (χ3v) is 6.09. The summed E-state index contributed by atoms with van der Waals surface area (Å²) in [5.74, 6) is 0.0285. The van der Waals surface area contributed by atoms with Crippen molar-refractivity contribution in [1.82, 2.24) is 10.2 Å². The Morgan fingerprint density at radius 1 is 0.935 bits per heavy atom. The second kappa shape index (κ2) is 9.83. The van der Waals surface area contributed by atoms with Gasteiger partial charge in [0.1, 0.15) is 5.75 Å². The first-order chi connectivity index (χ1) is 15.1. The quantitative estimate of drug-likeness (QED) is 0.667. The number of carbonyl (C=O) groups excluding carboxylic acids is 2. The van der Waals surface area contributed by atoms with Crippen molar-refractivity contribution in [2.24, 2.45) is 0 Å². The van der Waals surface area contributed by atoms with Gasteiger partial charge in [-0.25, -0.2) is 0 Å². The molecule has 0 atom stereocenters. The van der Waals surface area contributed by atoms with Crippen LogP contribution in [0, 0.1) is 0 Å². The number of phenolic OH excluding ortho intramolecular Hbond substituents is 1. The summed E-state index contributed by atoms with van der Waals surface area (Å²) in [5, 5.41) is 15.5. The van der Waals surface area contributed by atoms with E-state index in [0.29, 0.717) is 17.8 Å². The van der Waals surface area contributed by atoms with Crippen LogP contribution in [-0.2, 0) is 4.79 Å². The van der Waals surface area contributed by atoms with Gasteiger partial charge in [0.05, 0.1) is 17.8 Å². The molecule has 4 rings (SSSR count). The van der Waals surface area contributed by atoms with Crippen molar-refractivity contribution in [1.29, 1.82) is 0 Å². The zero-order chi connectivity index (χ0) is 21.6. The summed E-state index contributed by atoms with van der Waals surface area (Å²) < 4.78 is 0. The maximum absolute atomic E-state index is 12.7. The Balaban J connectivity index is 1.29. The van der Waals surface area contributed by atoms with Crippen LogP contribution in [0.15, 0.2) is 48.5 Å². The third-order valence-electron chi connectivity index (χ3n) is 6.09. The maximum atomic E-state index is 12.7. The van der Waals surface area contributed by atoms with Crippen LogP contribution in [0.1, 0.15) is 36.0 Å². The topological polar surface area (TPSA) is 84.9 Å². The van der Waals surface area contributed by atoms with E-state index in [0.717, 1.165) is 57.5 Å². The summed E-state index contributed by atoms with van der Waals surface area (Å²) in [6, 6.07) is 14.6. The Kier molecular flexibility index (Phi) is 6.72. The largest absolute Gasteiger partial charge is 0.508 e. The standard InChI is InChI=1S/C24H30N4O3/c29-20-11-9-19(10-12-20)28-15-13-27(14-16-28)17-23(30)26-22-8-4-3-7-21(22)24(31)25-18-5-1-2-6-18/h3-4,7-12,18,29H,1-2,5-6,13-17H2,(H,25,31)(H,26,30). The molecular formula is C24H30N4O3. The number of amides is 2. The number of nitrogens with zero attached hydrogens (tertiary/aromatic N) is 2. The molecule has 1 heterocycles. The fourth-order valence-electron chi connectivity index (χ4n) is 4.34. The molecule has 1 aliphatic heterocycles. The van der Waals surface area contributed by atoms with E-state index in [4.69, 9.17) is 0 Å². The van der Waals surface area contributed by atoms with E-state index in [1.165, 1.54) is 0 Å². The van der Waals surface area contributed by atoms with Crippen molar-refractivity contribution in [2.75, 3.05) is 42.9 Å². The Morgan fingerprint density at radius 3 is 2.32 bits per heavy atom. The monoisotopic (exact) mass is 422 g/mol. The zero-order valence-electron chi connectivity index (χ0n) is 17.7. The Morgan fingerprint density at radius 2 is 1.61 bits per heavy atom. The molecule has 0 unspecified atom stereocenters. The van der Waals surface area contributed by atoms with Gasteiger partial charge in [-0.3, -0.25) is 14.5 Å². The zero-order valence-corrected chi connectivity index (χ0v) is 17.7. The van der Waals surface area contributed by atoms with Gasteiger partial charge in [0.15, 0.2) is 0 Å². The number of aromatic hydroxyl groups is 1. The summed E-state index contributed by atoms with van der Waals surface area (Å²) in [7, 11) is 0. The molecule has 2 aromatic carbocycles. The van der Waals surface area contributed by atoms with Crippen molar-refractivity contribution in [3.05, 3.63) is 54.1 Å². The highest BCUT2D eigenvalue weighted by atomic mass is 16.3. The molecule has 1 saturated heterocycles. The number of nitrogens with one attached hydrogen (secondary N) is 2. The van der Waals surface area contributed by atoms with E-state index in [1.807, 2.05) is 24.3 Å². The number of para-hydroxylation sites is 1. The molecule has 7 nitrogen and oxygen atoms in total. The number of hydrogen-bond donors (Lipinski definition) is 3. The van der Waals surface area contributed by atoms with Crippen molar-refractivity contribution < 1.29 is 14.7 Å². The smallest absolute Gasteiger partial charge is 0.253 e. The predicted molar refractivity (Wildman–Crippen MR) is 122 cm³/mol. The van der Waals surface area contributed by atoms with Gasteiger partial charge in [-0.2, -0.15) is 0 Å². The molecule has 164 valence electrons. The van der Waals surface area contributed by atoms with E-state index in [2.05, 4.69) is 20.4 Å². The highest BCUT2D eigenvalue weighted by molar-refractivity contribution is 6.04. The van der Waals surface area contributed by atoms with E-state index < -0.39 is 0 Å². The van der Waals surface area contributed by atoms with Crippen LogP contribution in [0.4, 0.5) is 11.4 Å². The summed E-state index contributed by atoms with van der Waals surface area (Å²) in [5.41, 5.74) is 2.15. The second-order valence-corrected chi connectivity index (χ2v) is 8.33. The second-order valence-electron chi connectivity index (χ2n) is 8.33. The molecule has 0 radical (unpaired) electrons. The van der Waals surface area contributed by atoms with Crippen LogP contribution in [0.25, 0.3) is 0 Å². The highest BCUT2D eigenvalue weighted by Gasteiger charge is 2.22. The minimum atomic E-state index is -0.120. The van der Waals surface area contributed by atoms with Crippen molar-refractivity contribution in [3.8, 4) is 5.75 Å². The van der Waals surface area contributed by atoms with Crippen LogP contribution in [0.2, 0.25) is 0 Å². The summed E-state index contributed by atoms with van der Waals surface area (Å²) >= 11 is 0. The van der Waals surface area contributed by atoms with E-state index in [1.54, 1.807) is 24.3 Å². The molecule has 0 bridgehead atoms. The summed E-state index contributed by atoms with van der Waals surface area (Å²) in [4.78, 5) is 29.7. The van der Waals surface area contributed by atoms with Crippen LogP contribution in [-0.4, -0.2) is 60.6 Å². The lowest BCUT2D eigenvalue weighted by Gasteiger charge is -2.35. The van der Waals surface area contributed by atoms with Gasteiger partial charge in [0.2, 0.25) is 5.91 Å². The summed E-state index contributed by atoms with van der Waals surface area (Å²) in [6.07, 6.45) is 4.36. The van der Waals surface area contributed by atoms with Gasteiger partial charge in [0.25, 0.3) is 5.91 Å². The van der Waals surface area contributed by atoms with Crippen LogP contribution in [0.5, 0.6) is 5.75 Å². The van der Waals surface area contributed by atoms with Gasteiger partial charge >= 0.3 is 0 Å². The minimum absolute atomic E-state index is 0.112. The average Bonchev–Trinajstić information content (AvgIpc) is 3.28.